The van der Waals surface area contributed by atoms with E-state index in [1.165, 1.54) is 48.5 Å². The molecule has 0 heterocycles. The largest absolute Gasteiger partial charge is 0.491 e. The number of benzene rings is 2. The Kier molecular flexibility index (Phi) is 8.91. The lowest BCUT2D eigenvalue weighted by Gasteiger charge is -2.17. The number of carbonyl (C=O) groups excluding carboxylic acids is 4. The van der Waals surface area contributed by atoms with Gasteiger partial charge in [0.2, 0.25) is 0 Å². The molecule has 0 saturated heterocycles. The number of carbonyl (C=O) groups is 4. The molecule has 0 aromatic heterocycles. The van der Waals surface area contributed by atoms with Crippen LogP contribution in [0.15, 0.2) is 48.5 Å². The molecule has 0 aliphatic rings. The number of hydrogen-bond donors (Lipinski definition) is 3. The van der Waals surface area contributed by atoms with Gasteiger partial charge >= 0.3 is 24.1 Å². The lowest BCUT2D eigenvalue weighted by Crippen LogP contribution is -2.43. The third kappa shape index (κ3) is 8.14. The summed E-state index contributed by atoms with van der Waals surface area (Å²) in [5.74, 6) is -5.54. The Morgan fingerprint density at radius 2 is 1.57 bits per heavy atom. The van der Waals surface area contributed by atoms with Gasteiger partial charge < -0.3 is 25.3 Å². The Balaban J connectivity index is 1.98. The van der Waals surface area contributed by atoms with Crippen molar-refractivity contribution in [1.29, 1.82) is 5.41 Å². The standard InChI is InChI=1S/C22H20F3N3O7/c1-33-20(31)16(28-19(30)14-6-4-13(5-7-14)18(26)27)10-12-2-8-15(9-3-12)34-11-17(29)35-21(32)22(23,24)25/h2-9,16H,10-11H2,1H3,(H3,26,27)(H,28,30)/t16-/m1/s1. The van der Waals surface area contributed by atoms with Crippen molar-refractivity contribution in [2.75, 3.05) is 13.7 Å². The minimum absolute atomic E-state index is 0.0202. The summed E-state index contributed by atoms with van der Waals surface area (Å²) in [5, 5.41) is 9.93. The number of nitrogens with one attached hydrogen (secondary N) is 2. The number of methoxy groups -OCH3 is 1. The SMILES string of the molecule is COC(=O)[C@@H](Cc1ccc(OCC(=O)OC(=O)C(F)(F)F)cc1)NC(=O)c1ccc(C(=N)N)cc1. The number of esters is 3. The number of nitrogen functional groups attached to an aromatic ring is 1. The zero-order chi connectivity index (χ0) is 26.2. The molecule has 13 heteroatoms. The van der Waals surface area contributed by atoms with E-state index >= 15 is 0 Å². The first kappa shape index (κ1) is 26.8. The Hall–Kier alpha value is -4.42. The van der Waals surface area contributed by atoms with Gasteiger partial charge in [0.1, 0.15) is 17.6 Å². The molecular formula is C22H20F3N3O7. The molecule has 0 unspecified atom stereocenters. The summed E-state index contributed by atoms with van der Waals surface area (Å²) in [6.07, 6.45) is -5.28. The van der Waals surface area contributed by atoms with Crippen LogP contribution in [0.25, 0.3) is 0 Å². The number of amides is 1. The molecule has 0 radical (unpaired) electrons. The maximum atomic E-state index is 12.5. The lowest BCUT2D eigenvalue weighted by molar-refractivity contribution is -0.202. The second-order valence-corrected chi connectivity index (χ2v) is 6.94. The average Bonchev–Trinajstić information content (AvgIpc) is 2.82. The first-order valence-electron chi connectivity index (χ1n) is 9.77. The molecule has 4 N–H and O–H groups in total. The van der Waals surface area contributed by atoms with Crippen LogP contribution in [0.1, 0.15) is 21.5 Å². The molecule has 0 aliphatic heterocycles. The number of amidine groups is 1. The fourth-order valence-electron chi connectivity index (χ4n) is 2.67. The van der Waals surface area contributed by atoms with E-state index in [0.717, 1.165) is 7.11 Å². The number of nitrogens with two attached hydrogens (primary N) is 1. The van der Waals surface area contributed by atoms with E-state index in [9.17, 15) is 32.3 Å². The molecule has 10 nitrogen and oxygen atoms in total. The van der Waals surface area contributed by atoms with Crippen molar-refractivity contribution in [3.8, 4) is 5.75 Å². The van der Waals surface area contributed by atoms with E-state index in [0.29, 0.717) is 11.1 Å². The summed E-state index contributed by atoms with van der Waals surface area (Å²) in [6.45, 7) is -0.940. The van der Waals surface area contributed by atoms with Gasteiger partial charge in [0.05, 0.1) is 7.11 Å². The summed E-state index contributed by atoms with van der Waals surface area (Å²) < 4.78 is 49.6. The van der Waals surface area contributed by atoms with Crippen molar-refractivity contribution in [3.63, 3.8) is 0 Å². The van der Waals surface area contributed by atoms with Crippen molar-refractivity contribution < 1.29 is 46.6 Å². The summed E-state index contributed by atoms with van der Waals surface area (Å²) in [7, 11) is 1.16. The summed E-state index contributed by atoms with van der Waals surface area (Å²) in [4.78, 5) is 46.6. The first-order valence-corrected chi connectivity index (χ1v) is 9.77. The maximum Gasteiger partial charge on any atom is 0.491 e. The van der Waals surface area contributed by atoms with Gasteiger partial charge in [-0.2, -0.15) is 13.2 Å². The van der Waals surface area contributed by atoms with Gasteiger partial charge in [-0.05, 0) is 29.8 Å². The predicted octanol–water partition coefficient (Wildman–Crippen LogP) is 1.50. The normalized spacial score (nSPS) is 11.7. The van der Waals surface area contributed by atoms with Gasteiger partial charge in [0.25, 0.3) is 5.91 Å². The van der Waals surface area contributed by atoms with Gasteiger partial charge in [0, 0.05) is 17.5 Å². The minimum atomic E-state index is -5.30. The van der Waals surface area contributed by atoms with Crippen LogP contribution < -0.4 is 15.8 Å². The number of alkyl halides is 3. The van der Waals surface area contributed by atoms with E-state index < -0.39 is 42.6 Å². The van der Waals surface area contributed by atoms with Gasteiger partial charge in [-0.15, -0.1) is 0 Å². The predicted molar refractivity (Wildman–Crippen MR) is 114 cm³/mol. The topological polar surface area (TPSA) is 158 Å². The van der Waals surface area contributed by atoms with Crippen molar-refractivity contribution in [3.05, 3.63) is 65.2 Å². The molecule has 2 rings (SSSR count). The highest BCUT2D eigenvalue weighted by Gasteiger charge is 2.42. The lowest BCUT2D eigenvalue weighted by atomic mass is 10.0. The van der Waals surface area contributed by atoms with E-state index in [1.54, 1.807) is 0 Å². The molecule has 0 spiro atoms. The molecular weight excluding hydrogens is 475 g/mol. The number of hydrogen-bond acceptors (Lipinski definition) is 8. The fourth-order valence-corrected chi connectivity index (χ4v) is 2.67. The highest BCUT2D eigenvalue weighted by atomic mass is 19.4. The molecule has 0 fully saturated rings. The smallest absolute Gasteiger partial charge is 0.482 e. The molecule has 186 valence electrons. The van der Waals surface area contributed by atoms with Crippen LogP contribution in [0.5, 0.6) is 5.75 Å². The Labute approximate surface area is 196 Å². The maximum absolute atomic E-state index is 12.5. The summed E-state index contributed by atoms with van der Waals surface area (Å²) in [5.41, 5.74) is 6.58. The number of halogens is 3. The van der Waals surface area contributed by atoms with Crippen LogP contribution in [-0.2, 0) is 30.3 Å². The van der Waals surface area contributed by atoms with Crippen LogP contribution in [0.4, 0.5) is 13.2 Å². The number of ether oxygens (including phenoxy) is 3. The summed E-state index contributed by atoms with van der Waals surface area (Å²) in [6, 6.07) is 10.5. The van der Waals surface area contributed by atoms with Crippen LogP contribution in [0, 0.1) is 5.41 Å². The first-order chi connectivity index (χ1) is 16.4. The molecule has 0 saturated carbocycles. The molecule has 35 heavy (non-hydrogen) atoms. The molecule has 2 aromatic rings. The number of rotatable bonds is 9. The zero-order valence-corrected chi connectivity index (χ0v) is 18.2. The van der Waals surface area contributed by atoms with Crippen LogP contribution in [0.3, 0.4) is 0 Å². The quantitative estimate of drug-likeness (QED) is 0.204. The van der Waals surface area contributed by atoms with E-state index in [4.69, 9.17) is 20.6 Å². The van der Waals surface area contributed by atoms with Crippen LogP contribution in [0.2, 0.25) is 0 Å². The second kappa shape index (κ2) is 11.6. The highest BCUT2D eigenvalue weighted by Crippen LogP contribution is 2.17. The van der Waals surface area contributed by atoms with Gasteiger partial charge in [0.15, 0.2) is 6.61 Å². The molecule has 1 atom stereocenters. The molecule has 1 amide bonds. The molecule has 0 bridgehead atoms. The highest BCUT2D eigenvalue weighted by molar-refractivity contribution is 5.99. The van der Waals surface area contributed by atoms with Gasteiger partial charge in [-0.3, -0.25) is 10.2 Å². The summed E-state index contributed by atoms with van der Waals surface area (Å²) >= 11 is 0. The third-order valence-electron chi connectivity index (χ3n) is 4.41. The molecule has 0 aliphatic carbocycles. The molecule has 2 aromatic carbocycles. The minimum Gasteiger partial charge on any atom is -0.482 e. The second-order valence-electron chi connectivity index (χ2n) is 6.94. The van der Waals surface area contributed by atoms with Crippen LogP contribution >= 0.6 is 0 Å². The van der Waals surface area contributed by atoms with E-state index in [-0.39, 0.29) is 23.6 Å². The van der Waals surface area contributed by atoms with Crippen molar-refractivity contribution >= 4 is 29.7 Å². The monoisotopic (exact) mass is 495 g/mol. The van der Waals surface area contributed by atoms with Crippen molar-refractivity contribution in [1.82, 2.24) is 5.32 Å². The van der Waals surface area contributed by atoms with Crippen molar-refractivity contribution in [2.45, 2.75) is 18.6 Å². The van der Waals surface area contributed by atoms with Gasteiger partial charge in [-0.25, -0.2) is 14.4 Å². The Morgan fingerprint density at radius 3 is 2.09 bits per heavy atom. The third-order valence-corrected chi connectivity index (χ3v) is 4.41. The van der Waals surface area contributed by atoms with Crippen LogP contribution in [-0.4, -0.2) is 55.6 Å². The Bertz CT molecular complexity index is 1100. The van der Waals surface area contributed by atoms with Gasteiger partial charge in [-0.1, -0.05) is 24.3 Å². The fraction of sp³-hybridized carbons (Fsp3) is 0.227. The van der Waals surface area contributed by atoms with E-state index in [2.05, 4.69) is 10.1 Å². The van der Waals surface area contributed by atoms with E-state index in [1.807, 2.05) is 0 Å². The Morgan fingerprint density at radius 1 is 1.00 bits per heavy atom. The van der Waals surface area contributed by atoms with Crippen molar-refractivity contribution in [2.24, 2.45) is 5.73 Å². The zero-order valence-electron chi connectivity index (χ0n) is 18.2. The average molecular weight is 495 g/mol.